The molecule has 0 radical (unpaired) electrons. The van der Waals surface area contributed by atoms with Crippen molar-refractivity contribution in [2.75, 3.05) is 10.7 Å². The third kappa shape index (κ3) is 5.76. The maximum Gasteiger partial charge on any atom is 0.355 e. The molecule has 12 heteroatoms. The number of rotatable bonds is 10. The molecule has 12 nitrogen and oxygen atoms in total. The molecular formula is C21H21N7O5. The van der Waals surface area contributed by atoms with Gasteiger partial charge in [-0.25, -0.2) is 9.97 Å². The number of nitro benzene ring substituents is 1. The van der Waals surface area contributed by atoms with Gasteiger partial charge < -0.3 is 5.32 Å². The van der Waals surface area contributed by atoms with Gasteiger partial charge in [-0.05, 0) is 36.6 Å². The summed E-state index contributed by atoms with van der Waals surface area (Å²) in [4.78, 5) is 41.6. The largest absolute Gasteiger partial charge is 0.355 e. The number of hydrogen-bond donors (Lipinski definition) is 3. The molecule has 1 aromatic heterocycles. The Morgan fingerprint density at radius 3 is 2.33 bits per heavy atom. The molecule has 0 saturated heterocycles. The molecule has 0 fully saturated rings. The zero-order valence-electron chi connectivity index (χ0n) is 17.6. The van der Waals surface area contributed by atoms with Crippen molar-refractivity contribution in [1.82, 2.24) is 15.4 Å². The van der Waals surface area contributed by atoms with Crippen molar-refractivity contribution in [2.45, 2.75) is 26.2 Å². The van der Waals surface area contributed by atoms with E-state index < -0.39 is 27.1 Å². The average molecular weight is 451 g/mol. The molecule has 0 atom stereocenters. The molecule has 0 aliphatic rings. The van der Waals surface area contributed by atoms with Gasteiger partial charge in [-0.2, -0.15) is 0 Å². The molecule has 170 valence electrons. The lowest BCUT2D eigenvalue weighted by molar-refractivity contribution is -0.385. The van der Waals surface area contributed by atoms with Crippen molar-refractivity contribution in [3.8, 4) is 0 Å². The Morgan fingerprint density at radius 1 is 0.970 bits per heavy atom. The highest BCUT2D eigenvalue weighted by Crippen LogP contribution is 2.31. The van der Waals surface area contributed by atoms with Crippen molar-refractivity contribution in [1.29, 1.82) is 0 Å². The Labute approximate surface area is 188 Å². The molecule has 3 N–H and O–H groups in total. The summed E-state index contributed by atoms with van der Waals surface area (Å²) in [5, 5.41) is 25.7. The Morgan fingerprint density at radius 2 is 1.67 bits per heavy atom. The number of aryl methyl sites for hydroxylation is 1. The van der Waals surface area contributed by atoms with Gasteiger partial charge in [-0.1, -0.05) is 37.6 Å². The fraction of sp³-hybridized carbons (Fsp3) is 0.190. The number of unbranched alkanes of at least 4 members (excludes halogenated alkanes) is 1. The van der Waals surface area contributed by atoms with Crippen LogP contribution in [0.3, 0.4) is 0 Å². The second-order valence-corrected chi connectivity index (χ2v) is 6.96. The summed E-state index contributed by atoms with van der Waals surface area (Å²) in [7, 11) is 0. The predicted octanol–water partition coefficient (Wildman–Crippen LogP) is 4.14. The van der Waals surface area contributed by atoms with E-state index in [-0.39, 0.29) is 17.2 Å². The molecule has 0 unspecified atom stereocenters. The highest BCUT2D eigenvalue weighted by Gasteiger charge is 2.25. The molecule has 0 spiro atoms. The quantitative estimate of drug-likeness (QED) is 0.303. The Hall–Kier alpha value is -4.61. The highest BCUT2D eigenvalue weighted by molar-refractivity contribution is 5.98. The van der Waals surface area contributed by atoms with Crippen LogP contribution in [0.1, 0.15) is 35.7 Å². The monoisotopic (exact) mass is 451 g/mol. The lowest BCUT2D eigenvalue weighted by Crippen LogP contribution is -2.30. The lowest BCUT2D eigenvalue weighted by atomic mass is 10.1. The predicted molar refractivity (Wildman–Crippen MR) is 121 cm³/mol. The second kappa shape index (κ2) is 10.6. The van der Waals surface area contributed by atoms with Gasteiger partial charge in [0.1, 0.15) is 11.9 Å². The number of nitrogens with one attached hydrogen (secondary N) is 3. The van der Waals surface area contributed by atoms with E-state index in [0.717, 1.165) is 31.2 Å². The lowest BCUT2D eigenvalue weighted by Gasteiger charge is -2.11. The summed E-state index contributed by atoms with van der Waals surface area (Å²) >= 11 is 0. The number of hydrazine groups is 1. The van der Waals surface area contributed by atoms with Crippen LogP contribution < -0.4 is 16.2 Å². The van der Waals surface area contributed by atoms with Gasteiger partial charge in [0.25, 0.3) is 11.6 Å². The number of aromatic nitrogens is 2. The summed E-state index contributed by atoms with van der Waals surface area (Å²) in [5.74, 6) is -1.23. The van der Waals surface area contributed by atoms with E-state index >= 15 is 0 Å². The van der Waals surface area contributed by atoms with Crippen LogP contribution in [-0.4, -0.2) is 25.7 Å². The first-order valence-corrected chi connectivity index (χ1v) is 10.1. The van der Waals surface area contributed by atoms with Gasteiger partial charge >= 0.3 is 5.69 Å². The van der Waals surface area contributed by atoms with Crippen molar-refractivity contribution in [2.24, 2.45) is 0 Å². The molecule has 1 amide bonds. The van der Waals surface area contributed by atoms with E-state index in [1.807, 2.05) is 12.1 Å². The van der Waals surface area contributed by atoms with Gasteiger partial charge in [0.2, 0.25) is 11.6 Å². The zero-order chi connectivity index (χ0) is 23.8. The van der Waals surface area contributed by atoms with Crippen LogP contribution in [0.2, 0.25) is 0 Å². The molecule has 0 aliphatic carbocycles. The van der Waals surface area contributed by atoms with Crippen molar-refractivity contribution in [3.63, 3.8) is 0 Å². The van der Waals surface area contributed by atoms with Gasteiger partial charge in [0.05, 0.1) is 9.85 Å². The standard InChI is InChI=1S/C21H21N7O5/c1-2-3-6-14-9-11-15(12-10-14)24-19-18(28(32)33)20(23-13-22-19)25-26-21(29)16-7-4-5-8-17(16)27(30)31/h4-5,7-13H,2-3,6H2,1H3,(H,26,29)(H2,22,23,24,25). The van der Waals surface area contributed by atoms with Crippen LogP contribution in [0.4, 0.5) is 28.7 Å². The van der Waals surface area contributed by atoms with E-state index in [1.165, 1.54) is 24.3 Å². The molecular weight excluding hydrogens is 430 g/mol. The minimum atomic E-state index is -0.854. The number of carbonyl (C=O) groups excluding carboxylic acids is 1. The molecule has 1 heterocycles. The van der Waals surface area contributed by atoms with Gasteiger partial charge in [0, 0.05) is 11.8 Å². The van der Waals surface area contributed by atoms with Crippen LogP contribution in [0.25, 0.3) is 0 Å². The molecule has 3 aromatic rings. The van der Waals surface area contributed by atoms with E-state index in [2.05, 4.69) is 33.1 Å². The maximum atomic E-state index is 12.4. The molecule has 33 heavy (non-hydrogen) atoms. The molecule has 0 saturated carbocycles. The zero-order valence-corrected chi connectivity index (χ0v) is 17.6. The van der Waals surface area contributed by atoms with Gasteiger partial charge in [0.15, 0.2) is 0 Å². The van der Waals surface area contributed by atoms with Gasteiger partial charge in [-0.15, -0.1) is 0 Å². The topological polar surface area (TPSA) is 165 Å². The van der Waals surface area contributed by atoms with Crippen LogP contribution >= 0.6 is 0 Å². The molecule has 0 bridgehead atoms. The van der Waals surface area contributed by atoms with Crippen molar-refractivity contribution in [3.05, 3.63) is 86.2 Å². The number of para-hydroxylation sites is 1. The molecule has 3 rings (SSSR count). The first kappa shape index (κ1) is 23.1. The first-order valence-electron chi connectivity index (χ1n) is 10.1. The van der Waals surface area contributed by atoms with E-state index in [1.54, 1.807) is 12.1 Å². The Bertz CT molecular complexity index is 1170. The minimum Gasteiger partial charge on any atom is -0.334 e. The summed E-state index contributed by atoms with van der Waals surface area (Å²) in [6.45, 7) is 2.11. The normalized spacial score (nSPS) is 10.3. The Kier molecular flexibility index (Phi) is 7.42. The maximum absolute atomic E-state index is 12.4. The van der Waals surface area contributed by atoms with Crippen molar-refractivity contribution < 1.29 is 14.6 Å². The third-order valence-electron chi connectivity index (χ3n) is 4.68. The molecule has 0 aliphatic heterocycles. The van der Waals surface area contributed by atoms with Crippen LogP contribution in [0.5, 0.6) is 0 Å². The number of nitro groups is 2. The van der Waals surface area contributed by atoms with E-state index in [9.17, 15) is 25.0 Å². The highest BCUT2D eigenvalue weighted by atomic mass is 16.6. The van der Waals surface area contributed by atoms with Crippen molar-refractivity contribution >= 4 is 34.6 Å². The number of carbonyl (C=O) groups is 1. The number of hydrogen-bond acceptors (Lipinski definition) is 9. The summed E-state index contributed by atoms with van der Waals surface area (Å²) < 4.78 is 0. The van der Waals surface area contributed by atoms with E-state index in [0.29, 0.717) is 5.69 Å². The fourth-order valence-corrected chi connectivity index (χ4v) is 3.02. The van der Waals surface area contributed by atoms with Crippen LogP contribution in [0.15, 0.2) is 54.9 Å². The number of anilines is 3. The smallest absolute Gasteiger partial charge is 0.334 e. The molecule has 2 aromatic carbocycles. The number of benzene rings is 2. The summed E-state index contributed by atoms with van der Waals surface area (Å²) in [6.07, 6.45) is 4.18. The minimum absolute atomic E-state index is 0.0845. The number of nitrogens with zero attached hydrogens (tertiary/aromatic N) is 4. The summed E-state index contributed by atoms with van der Waals surface area (Å²) in [5.41, 5.74) is 5.19. The van der Waals surface area contributed by atoms with Crippen LogP contribution in [0, 0.1) is 20.2 Å². The fourth-order valence-electron chi connectivity index (χ4n) is 3.02. The SMILES string of the molecule is CCCCc1ccc(Nc2ncnc(NNC(=O)c3ccccc3[N+](=O)[O-])c2[N+](=O)[O-])cc1. The van der Waals surface area contributed by atoms with Gasteiger partial charge in [-0.3, -0.25) is 35.9 Å². The second-order valence-electron chi connectivity index (χ2n) is 6.96. The summed E-state index contributed by atoms with van der Waals surface area (Å²) in [6, 6.07) is 12.8. The average Bonchev–Trinajstić information content (AvgIpc) is 2.82. The van der Waals surface area contributed by atoms with Crippen LogP contribution in [-0.2, 0) is 6.42 Å². The number of amides is 1. The van der Waals surface area contributed by atoms with E-state index in [4.69, 9.17) is 0 Å². The first-order chi connectivity index (χ1) is 15.9. The Balaban J connectivity index is 1.79. The third-order valence-corrected chi connectivity index (χ3v) is 4.68.